The van der Waals surface area contributed by atoms with Crippen molar-refractivity contribution >= 4 is 15.7 Å². The Bertz CT molecular complexity index is 627. The van der Waals surface area contributed by atoms with Crippen LogP contribution in [0.15, 0.2) is 24.3 Å². The van der Waals surface area contributed by atoms with Crippen molar-refractivity contribution in [1.82, 2.24) is 4.90 Å². The van der Waals surface area contributed by atoms with Crippen molar-refractivity contribution in [2.45, 2.75) is 12.8 Å². The lowest BCUT2D eigenvalue weighted by molar-refractivity contribution is -0.135. The first-order valence-corrected chi connectivity index (χ1v) is 9.07. The van der Waals surface area contributed by atoms with Crippen LogP contribution in [0.3, 0.4) is 0 Å². The quantitative estimate of drug-likeness (QED) is 0.773. The molecule has 5 nitrogen and oxygen atoms in total. The third-order valence-electron chi connectivity index (χ3n) is 4.17. The number of amides is 1. The van der Waals surface area contributed by atoms with E-state index < -0.39 is 9.84 Å². The molecule has 2 aliphatic rings. The van der Waals surface area contributed by atoms with E-state index in [4.69, 9.17) is 4.74 Å². The van der Waals surface area contributed by atoms with E-state index in [1.165, 1.54) is 0 Å². The first-order chi connectivity index (χ1) is 10.1. The summed E-state index contributed by atoms with van der Waals surface area (Å²) >= 11 is 0. The van der Waals surface area contributed by atoms with Gasteiger partial charge in [-0.3, -0.25) is 4.79 Å². The summed E-state index contributed by atoms with van der Waals surface area (Å²) in [6, 6.07) is 7.79. The summed E-state index contributed by atoms with van der Waals surface area (Å²) in [7, 11) is -2.95. The number of benzene rings is 1. The monoisotopic (exact) mass is 309 g/mol. The van der Waals surface area contributed by atoms with E-state index in [0.717, 1.165) is 11.3 Å². The van der Waals surface area contributed by atoms with Crippen molar-refractivity contribution in [3.8, 4) is 5.75 Å². The molecule has 3 rings (SSSR count). The molecule has 0 unspecified atom stereocenters. The average molecular weight is 309 g/mol. The molecule has 6 heteroatoms. The zero-order valence-corrected chi connectivity index (χ0v) is 12.6. The summed E-state index contributed by atoms with van der Waals surface area (Å²) < 4.78 is 28.6. The molecule has 1 saturated heterocycles. The van der Waals surface area contributed by atoms with Gasteiger partial charge in [0.1, 0.15) is 5.75 Å². The Morgan fingerprint density at radius 2 is 1.90 bits per heavy atom. The van der Waals surface area contributed by atoms with Crippen LogP contribution in [0.2, 0.25) is 0 Å². The highest BCUT2D eigenvalue weighted by molar-refractivity contribution is 7.91. The van der Waals surface area contributed by atoms with Gasteiger partial charge >= 0.3 is 0 Å². The Labute approximate surface area is 124 Å². The molecule has 0 aliphatic carbocycles. The van der Waals surface area contributed by atoms with Gasteiger partial charge in [0.15, 0.2) is 9.84 Å². The first-order valence-electron chi connectivity index (χ1n) is 7.25. The van der Waals surface area contributed by atoms with Gasteiger partial charge in [-0.25, -0.2) is 8.42 Å². The molecular weight excluding hydrogens is 290 g/mol. The molecule has 0 spiro atoms. The number of hydrogen-bond acceptors (Lipinski definition) is 4. The molecule has 1 aromatic carbocycles. The molecule has 2 aliphatic heterocycles. The number of ether oxygens (including phenoxy) is 1. The maximum absolute atomic E-state index is 12.6. The van der Waals surface area contributed by atoms with E-state index >= 15 is 0 Å². The normalized spacial score (nSPS) is 24.6. The Kier molecular flexibility index (Phi) is 3.89. The maximum Gasteiger partial charge on any atom is 0.226 e. The second kappa shape index (κ2) is 5.67. The molecule has 1 aromatic rings. The van der Waals surface area contributed by atoms with Gasteiger partial charge in [-0.05, 0) is 24.5 Å². The van der Waals surface area contributed by atoms with Gasteiger partial charge in [-0.15, -0.1) is 0 Å². The Hall–Kier alpha value is -1.56. The topological polar surface area (TPSA) is 63.7 Å². The van der Waals surface area contributed by atoms with Crippen LogP contribution in [-0.2, 0) is 21.1 Å². The van der Waals surface area contributed by atoms with Crippen LogP contribution in [0.1, 0.15) is 12.0 Å². The van der Waals surface area contributed by atoms with Crippen LogP contribution >= 0.6 is 0 Å². The SMILES string of the molecule is O=C([C@H]1CCOc2ccccc2C1)N1CCS(=O)(=O)CC1. The third kappa shape index (κ3) is 3.20. The molecule has 0 N–H and O–H groups in total. The molecule has 1 fully saturated rings. The van der Waals surface area contributed by atoms with E-state index in [1.807, 2.05) is 24.3 Å². The number of sulfone groups is 1. The summed E-state index contributed by atoms with van der Waals surface area (Å²) in [5.41, 5.74) is 1.05. The minimum Gasteiger partial charge on any atom is -0.493 e. The molecule has 0 radical (unpaired) electrons. The lowest BCUT2D eigenvalue weighted by Crippen LogP contribution is -2.46. The van der Waals surface area contributed by atoms with Crippen LogP contribution in [0.5, 0.6) is 5.75 Å². The fourth-order valence-electron chi connectivity index (χ4n) is 2.89. The second-order valence-corrected chi connectivity index (χ2v) is 7.93. The number of para-hydroxylation sites is 1. The summed E-state index contributed by atoms with van der Waals surface area (Å²) in [5, 5.41) is 0. The van der Waals surface area contributed by atoms with Crippen LogP contribution in [0.25, 0.3) is 0 Å². The molecule has 0 aromatic heterocycles. The van der Waals surface area contributed by atoms with Crippen molar-refractivity contribution in [3.63, 3.8) is 0 Å². The number of fused-ring (bicyclic) bond motifs is 1. The van der Waals surface area contributed by atoms with Gasteiger partial charge in [0, 0.05) is 19.0 Å². The largest absolute Gasteiger partial charge is 0.493 e. The van der Waals surface area contributed by atoms with Crippen molar-refractivity contribution in [1.29, 1.82) is 0 Å². The molecule has 21 heavy (non-hydrogen) atoms. The first kappa shape index (κ1) is 14.4. The van der Waals surface area contributed by atoms with E-state index in [-0.39, 0.29) is 23.3 Å². The highest BCUT2D eigenvalue weighted by Gasteiger charge is 2.31. The van der Waals surface area contributed by atoms with Crippen molar-refractivity contribution < 1.29 is 17.9 Å². The summed E-state index contributed by atoms with van der Waals surface area (Å²) in [6.45, 7) is 1.17. The molecule has 1 atom stereocenters. The molecular formula is C15H19NO4S. The Balaban J connectivity index is 1.71. The summed E-state index contributed by atoms with van der Waals surface area (Å²) in [5.74, 6) is 0.963. The summed E-state index contributed by atoms with van der Waals surface area (Å²) in [4.78, 5) is 14.3. The van der Waals surface area contributed by atoms with Crippen LogP contribution < -0.4 is 4.74 Å². The Morgan fingerprint density at radius 3 is 2.67 bits per heavy atom. The van der Waals surface area contributed by atoms with Gasteiger partial charge in [0.25, 0.3) is 0 Å². The third-order valence-corrected chi connectivity index (χ3v) is 5.78. The van der Waals surface area contributed by atoms with E-state index in [2.05, 4.69) is 0 Å². The minimum absolute atomic E-state index is 0.0604. The number of hydrogen-bond donors (Lipinski definition) is 0. The van der Waals surface area contributed by atoms with Gasteiger partial charge in [0.2, 0.25) is 5.91 Å². The predicted molar refractivity (Wildman–Crippen MR) is 79.0 cm³/mol. The fraction of sp³-hybridized carbons (Fsp3) is 0.533. The van der Waals surface area contributed by atoms with Gasteiger partial charge in [-0.1, -0.05) is 18.2 Å². The predicted octanol–water partition coefficient (Wildman–Crippen LogP) is 0.885. The molecule has 1 amide bonds. The van der Waals surface area contributed by atoms with E-state index in [0.29, 0.717) is 32.5 Å². The highest BCUT2D eigenvalue weighted by Crippen LogP contribution is 2.27. The van der Waals surface area contributed by atoms with E-state index in [9.17, 15) is 13.2 Å². The molecule has 0 bridgehead atoms. The number of rotatable bonds is 1. The number of nitrogens with zero attached hydrogens (tertiary/aromatic N) is 1. The molecule has 2 heterocycles. The lowest BCUT2D eigenvalue weighted by atomic mass is 9.95. The highest BCUT2D eigenvalue weighted by atomic mass is 32.2. The van der Waals surface area contributed by atoms with Gasteiger partial charge < -0.3 is 9.64 Å². The molecule has 0 saturated carbocycles. The molecule has 114 valence electrons. The van der Waals surface area contributed by atoms with Gasteiger partial charge in [0.05, 0.1) is 18.1 Å². The standard InChI is InChI=1S/C15H19NO4S/c17-15(16-6-9-21(18,19)10-7-16)13-5-8-20-14-4-2-1-3-12(14)11-13/h1-4,13H,5-11H2/t13-/m0/s1. The second-order valence-electron chi connectivity index (χ2n) is 5.62. The zero-order chi connectivity index (χ0) is 14.9. The maximum atomic E-state index is 12.6. The van der Waals surface area contributed by atoms with Crippen LogP contribution in [-0.4, -0.2) is 50.4 Å². The number of carbonyl (C=O) groups is 1. The minimum atomic E-state index is -2.95. The lowest BCUT2D eigenvalue weighted by Gasteiger charge is -2.29. The number of carbonyl (C=O) groups excluding carboxylic acids is 1. The van der Waals surface area contributed by atoms with Crippen LogP contribution in [0.4, 0.5) is 0 Å². The Morgan fingerprint density at radius 1 is 1.19 bits per heavy atom. The average Bonchev–Trinajstić information content (AvgIpc) is 2.68. The van der Waals surface area contributed by atoms with Crippen molar-refractivity contribution in [2.75, 3.05) is 31.2 Å². The fourth-order valence-corrected chi connectivity index (χ4v) is 4.09. The van der Waals surface area contributed by atoms with Crippen molar-refractivity contribution in [3.05, 3.63) is 29.8 Å². The zero-order valence-electron chi connectivity index (χ0n) is 11.8. The smallest absolute Gasteiger partial charge is 0.226 e. The van der Waals surface area contributed by atoms with Gasteiger partial charge in [-0.2, -0.15) is 0 Å². The van der Waals surface area contributed by atoms with E-state index in [1.54, 1.807) is 4.90 Å². The van der Waals surface area contributed by atoms with Crippen molar-refractivity contribution in [2.24, 2.45) is 5.92 Å². The van der Waals surface area contributed by atoms with Crippen LogP contribution in [0, 0.1) is 5.92 Å². The summed E-state index contributed by atoms with van der Waals surface area (Å²) in [6.07, 6.45) is 1.34.